The molecule has 2 rings (SSSR count). The topological polar surface area (TPSA) is 60.2 Å². The highest BCUT2D eigenvalue weighted by Gasteiger charge is 2.05. The zero-order chi connectivity index (χ0) is 13.8. The van der Waals surface area contributed by atoms with E-state index in [1.165, 1.54) is 5.56 Å². The summed E-state index contributed by atoms with van der Waals surface area (Å²) in [7, 11) is 1.69. The quantitative estimate of drug-likeness (QED) is 0.882. The number of anilines is 3. The fourth-order valence-electron chi connectivity index (χ4n) is 2.00. The van der Waals surface area contributed by atoms with Gasteiger partial charge in [-0.05, 0) is 48.7 Å². The van der Waals surface area contributed by atoms with Gasteiger partial charge in [0.25, 0.3) is 0 Å². The highest BCUT2D eigenvalue weighted by atomic mass is 16.5. The maximum absolute atomic E-state index is 5.70. The van der Waals surface area contributed by atoms with Crippen molar-refractivity contribution in [3.63, 3.8) is 0 Å². The van der Waals surface area contributed by atoms with Gasteiger partial charge in [-0.25, -0.2) is 4.98 Å². The van der Waals surface area contributed by atoms with Gasteiger partial charge in [-0.2, -0.15) is 0 Å². The van der Waals surface area contributed by atoms with Crippen molar-refractivity contribution in [2.24, 2.45) is 0 Å². The Labute approximate surface area is 113 Å². The van der Waals surface area contributed by atoms with Gasteiger partial charge < -0.3 is 15.8 Å². The first-order chi connectivity index (χ1) is 9.13. The van der Waals surface area contributed by atoms with Gasteiger partial charge in [0.2, 0.25) is 0 Å². The minimum absolute atomic E-state index is 0.673. The Bertz CT molecular complexity index is 582. The molecule has 0 aliphatic carbocycles. The zero-order valence-corrected chi connectivity index (χ0v) is 11.5. The average molecular weight is 257 g/mol. The first-order valence-electron chi connectivity index (χ1n) is 6.30. The van der Waals surface area contributed by atoms with Crippen molar-refractivity contribution < 1.29 is 4.74 Å². The van der Waals surface area contributed by atoms with Crippen LogP contribution in [0.4, 0.5) is 17.2 Å². The van der Waals surface area contributed by atoms with Crippen LogP contribution in [0.5, 0.6) is 5.75 Å². The molecule has 0 saturated carbocycles. The number of aromatic nitrogens is 1. The van der Waals surface area contributed by atoms with Crippen LogP contribution in [0.15, 0.2) is 30.5 Å². The fraction of sp³-hybridized carbons (Fsp3) is 0.267. The number of ether oxygens (including phenoxy) is 1. The Morgan fingerprint density at radius 3 is 2.74 bits per heavy atom. The predicted molar refractivity (Wildman–Crippen MR) is 79.0 cm³/mol. The second kappa shape index (κ2) is 5.61. The molecule has 19 heavy (non-hydrogen) atoms. The Morgan fingerprint density at radius 2 is 2.11 bits per heavy atom. The molecule has 2 aromatic rings. The third kappa shape index (κ3) is 2.96. The van der Waals surface area contributed by atoms with E-state index >= 15 is 0 Å². The standard InChI is InChI=1S/C15H19N3O/c1-4-11-8-13(5-6-14(11)19-3)18-15-10(2)7-12(16)9-17-15/h5-9H,4,16H2,1-3H3,(H,17,18). The van der Waals surface area contributed by atoms with Crippen molar-refractivity contribution in [2.45, 2.75) is 20.3 Å². The summed E-state index contributed by atoms with van der Waals surface area (Å²) in [6.45, 7) is 4.09. The Balaban J connectivity index is 2.28. The van der Waals surface area contributed by atoms with Crippen molar-refractivity contribution >= 4 is 17.2 Å². The molecule has 0 bridgehead atoms. The summed E-state index contributed by atoms with van der Waals surface area (Å²) < 4.78 is 5.32. The number of nitrogens with two attached hydrogens (primary N) is 1. The molecule has 0 spiro atoms. The van der Waals surface area contributed by atoms with Crippen molar-refractivity contribution in [1.82, 2.24) is 4.98 Å². The van der Waals surface area contributed by atoms with Gasteiger partial charge in [-0.3, -0.25) is 0 Å². The molecule has 0 aliphatic rings. The van der Waals surface area contributed by atoms with Crippen LogP contribution in [0.3, 0.4) is 0 Å². The van der Waals surface area contributed by atoms with Gasteiger partial charge >= 0.3 is 0 Å². The average Bonchev–Trinajstić information content (AvgIpc) is 2.41. The maximum Gasteiger partial charge on any atom is 0.133 e. The fourth-order valence-corrected chi connectivity index (χ4v) is 2.00. The first kappa shape index (κ1) is 13.2. The van der Waals surface area contributed by atoms with Crippen LogP contribution < -0.4 is 15.8 Å². The summed E-state index contributed by atoms with van der Waals surface area (Å²) in [5.41, 5.74) is 9.56. The molecule has 4 nitrogen and oxygen atoms in total. The van der Waals surface area contributed by atoms with Crippen LogP contribution in [0.1, 0.15) is 18.1 Å². The van der Waals surface area contributed by atoms with E-state index in [4.69, 9.17) is 10.5 Å². The molecule has 4 heteroatoms. The molecule has 1 heterocycles. The largest absolute Gasteiger partial charge is 0.496 e. The van der Waals surface area contributed by atoms with Gasteiger partial charge in [0.05, 0.1) is 19.0 Å². The molecule has 1 aromatic carbocycles. The van der Waals surface area contributed by atoms with Crippen molar-refractivity contribution in [3.05, 3.63) is 41.6 Å². The Morgan fingerprint density at radius 1 is 1.32 bits per heavy atom. The van der Waals surface area contributed by atoms with E-state index in [1.807, 2.05) is 25.1 Å². The molecule has 1 aromatic heterocycles. The molecule has 0 saturated heterocycles. The third-order valence-corrected chi connectivity index (χ3v) is 3.02. The van der Waals surface area contributed by atoms with Crippen LogP contribution in [0.25, 0.3) is 0 Å². The second-order valence-electron chi connectivity index (χ2n) is 4.44. The summed E-state index contributed by atoms with van der Waals surface area (Å²) in [4.78, 5) is 4.30. The molecular weight excluding hydrogens is 238 g/mol. The molecule has 3 N–H and O–H groups in total. The van der Waals surface area contributed by atoms with E-state index in [2.05, 4.69) is 23.3 Å². The zero-order valence-electron chi connectivity index (χ0n) is 11.5. The lowest BCUT2D eigenvalue weighted by molar-refractivity contribution is 0.410. The van der Waals surface area contributed by atoms with E-state index in [1.54, 1.807) is 13.3 Å². The number of nitrogens with one attached hydrogen (secondary N) is 1. The number of nitrogen functional groups attached to an aromatic ring is 1. The molecule has 0 aliphatic heterocycles. The summed E-state index contributed by atoms with van der Waals surface area (Å²) >= 11 is 0. The Hall–Kier alpha value is -2.23. The number of benzene rings is 1. The molecule has 0 unspecified atom stereocenters. The molecule has 0 radical (unpaired) electrons. The van der Waals surface area contributed by atoms with Crippen molar-refractivity contribution in [1.29, 1.82) is 0 Å². The number of rotatable bonds is 4. The Kier molecular flexibility index (Phi) is 3.90. The number of hydrogen-bond donors (Lipinski definition) is 2. The second-order valence-corrected chi connectivity index (χ2v) is 4.44. The lowest BCUT2D eigenvalue weighted by Gasteiger charge is -2.12. The summed E-state index contributed by atoms with van der Waals surface area (Å²) in [5, 5.41) is 3.30. The van der Waals surface area contributed by atoms with Crippen LogP contribution in [0, 0.1) is 6.92 Å². The van der Waals surface area contributed by atoms with Crippen LogP contribution in [-0.4, -0.2) is 12.1 Å². The minimum Gasteiger partial charge on any atom is -0.496 e. The van der Waals surface area contributed by atoms with Crippen molar-refractivity contribution in [3.8, 4) is 5.75 Å². The number of hydrogen-bond acceptors (Lipinski definition) is 4. The lowest BCUT2D eigenvalue weighted by Crippen LogP contribution is -1.99. The van der Waals surface area contributed by atoms with E-state index in [-0.39, 0.29) is 0 Å². The first-order valence-corrected chi connectivity index (χ1v) is 6.30. The number of nitrogens with zero attached hydrogens (tertiary/aromatic N) is 1. The predicted octanol–water partition coefficient (Wildman–Crippen LogP) is 3.29. The summed E-state index contributed by atoms with van der Waals surface area (Å²) in [6, 6.07) is 7.93. The van der Waals surface area contributed by atoms with Gasteiger partial charge in [-0.1, -0.05) is 6.92 Å². The molecular formula is C15H19N3O. The van der Waals surface area contributed by atoms with Gasteiger partial charge in [0.15, 0.2) is 0 Å². The van der Waals surface area contributed by atoms with Gasteiger partial charge in [0, 0.05) is 5.69 Å². The minimum atomic E-state index is 0.673. The third-order valence-electron chi connectivity index (χ3n) is 3.02. The number of methoxy groups -OCH3 is 1. The highest BCUT2D eigenvalue weighted by molar-refractivity contribution is 5.63. The van der Waals surface area contributed by atoms with E-state index < -0.39 is 0 Å². The maximum atomic E-state index is 5.70. The highest BCUT2D eigenvalue weighted by Crippen LogP contribution is 2.26. The molecule has 100 valence electrons. The smallest absolute Gasteiger partial charge is 0.133 e. The number of pyridine rings is 1. The molecule has 0 atom stereocenters. The van der Waals surface area contributed by atoms with Gasteiger partial charge in [0.1, 0.15) is 11.6 Å². The lowest BCUT2D eigenvalue weighted by atomic mass is 10.1. The normalized spacial score (nSPS) is 10.3. The monoisotopic (exact) mass is 257 g/mol. The van der Waals surface area contributed by atoms with Crippen molar-refractivity contribution in [2.75, 3.05) is 18.2 Å². The SMILES string of the molecule is CCc1cc(Nc2ncc(N)cc2C)ccc1OC. The summed E-state index contributed by atoms with van der Waals surface area (Å²) in [5.74, 6) is 1.73. The molecule has 0 amide bonds. The van der Waals surface area contributed by atoms with Crippen LogP contribution in [0.2, 0.25) is 0 Å². The van der Waals surface area contributed by atoms with Crippen LogP contribution >= 0.6 is 0 Å². The van der Waals surface area contributed by atoms with E-state index in [0.29, 0.717) is 5.69 Å². The number of aryl methyl sites for hydroxylation is 2. The molecule has 0 fully saturated rings. The van der Waals surface area contributed by atoms with Crippen LogP contribution in [-0.2, 0) is 6.42 Å². The summed E-state index contributed by atoms with van der Waals surface area (Å²) in [6.07, 6.45) is 2.58. The van der Waals surface area contributed by atoms with E-state index in [0.717, 1.165) is 29.2 Å². The van der Waals surface area contributed by atoms with E-state index in [9.17, 15) is 0 Å². The van der Waals surface area contributed by atoms with Gasteiger partial charge in [-0.15, -0.1) is 0 Å².